The highest BCUT2D eigenvalue weighted by molar-refractivity contribution is 5.71. The van der Waals surface area contributed by atoms with Crippen molar-refractivity contribution in [3.05, 3.63) is 30.3 Å². The second-order valence-corrected chi connectivity index (χ2v) is 4.16. The van der Waals surface area contributed by atoms with E-state index in [2.05, 4.69) is 0 Å². The van der Waals surface area contributed by atoms with Gasteiger partial charge in [0.05, 0.1) is 5.92 Å². The number of nitrogens with two attached hydrogens (primary N) is 1. The number of para-hydroxylation sites is 1. The van der Waals surface area contributed by atoms with Crippen LogP contribution >= 0.6 is 0 Å². The lowest BCUT2D eigenvalue weighted by Crippen LogP contribution is -2.19. The van der Waals surface area contributed by atoms with Crippen LogP contribution in [0.3, 0.4) is 0 Å². The van der Waals surface area contributed by atoms with E-state index in [0.29, 0.717) is 13.2 Å². The van der Waals surface area contributed by atoms with E-state index in [4.69, 9.17) is 15.2 Å². The molecule has 0 saturated carbocycles. The van der Waals surface area contributed by atoms with E-state index in [1.807, 2.05) is 37.3 Å². The Morgan fingerprint density at radius 2 is 2.00 bits per heavy atom. The van der Waals surface area contributed by atoms with Gasteiger partial charge in [-0.05, 0) is 31.5 Å². The van der Waals surface area contributed by atoms with Crippen molar-refractivity contribution >= 4 is 5.97 Å². The Morgan fingerprint density at radius 1 is 1.28 bits per heavy atom. The van der Waals surface area contributed by atoms with Gasteiger partial charge < -0.3 is 15.2 Å². The van der Waals surface area contributed by atoms with Gasteiger partial charge in [0.15, 0.2) is 0 Å². The van der Waals surface area contributed by atoms with E-state index in [0.717, 1.165) is 18.6 Å². The predicted octanol–water partition coefficient (Wildman–Crippen LogP) is 1.98. The summed E-state index contributed by atoms with van der Waals surface area (Å²) in [5.41, 5.74) is 5.39. The molecule has 18 heavy (non-hydrogen) atoms. The maximum atomic E-state index is 11.5. The van der Waals surface area contributed by atoms with Gasteiger partial charge in [-0.15, -0.1) is 0 Å². The monoisotopic (exact) mass is 251 g/mol. The van der Waals surface area contributed by atoms with Crippen LogP contribution in [0.2, 0.25) is 0 Å². The highest BCUT2D eigenvalue weighted by Crippen LogP contribution is 2.09. The molecule has 4 heteroatoms. The molecule has 1 aromatic carbocycles. The summed E-state index contributed by atoms with van der Waals surface area (Å²) in [6, 6.07) is 9.45. The van der Waals surface area contributed by atoms with Crippen LogP contribution in [0.25, 0.3) is 0 Å². The molecule has 100 valence electrons. The Balaban J connectivity index is 2.12. The third-order valence-electron chi connectivity index (χ3n) is 2.58. The van der Waals surface area contributed by atoms with Gasteiger partial charge in [0.2, 0.25) is 0 Å². The van der Waals surface area contributed by atoms with Gasteiger partial charge in [-0.3, -0.25) is 4.79 Å². The van der Waals surface area contributed by atoms with E-state index < -0.39 is 0 Å². The summed E-state index contributed by atoms with van der Waals surface area (Å²) < 4.78 is 10.5. The molecule has 0 aliphatic heterocycles. The van der Waals surface area contributed by atoms with Gasteiger partial charge >= 0.3 is 5.97 Å². The zero-order valence-corrected chi connectivity index (χ0v) is 10.8. The van der Waals surface area contributed by atoms with Crippen LogP contribution in [-0.2, 0) is 9.53 Å². The fourth-order valence-corrected chi connectivity index (χ4v) is 1.50. The number of hydrogen-bond acceptors (Lipinski definition) is 4. The molecule has 0 saturated heterocycles. The first-order valence-corrected chi connectivity index (χ1v) is 6.28. The lowest BCUT2D eigenvalue weighted by atomic mass is 10.1. The molecule has 0 aliphatic carbocycles. The molecule has 0 radical (unpaired) electrons. The molecule has 0 amide bonds. The number of benzene rings is 1. The number of esters is 1. The molecule has 0 spiro atoms. The largest absolute Gasteiger partial charge is 0.490 e. The van der Waals surface area contributed by atoms with Gasteiger partial charge in [0.1, 0.15) is 19.0 Å². The minimum absolute atomic E-state index is 0.0923. The van der Waals surface area contributed by atoms with Gasteiger partial charge in [-0.2, -0.15) is 0 Å². The molecule has 4 nitrogen and oxygen atoms in total. The standard InChI is InChI=1S/C14H21NO3/c1-12(6-5-9-15)14(16)18-11-10-17-13-7-3-2-4-8-13/h2-4,7-8,12H,5-6,9-11,15H2,1H3. The third-order valence-corrected chi connectivity index (χ3v) is 2.58. The second-order valence-electron chi connectivity index (χ2n) is 4.16. The Kier molecular flexibility index (Phi) is 6.87. The fraction of sp³-hybridized carbons (Fsp3) is 0.500. The molecular formula is C14H21NO3. The van der Waals surface area contributed by atoms with Crippen molar-refractivity contribution in [2.75, 3.05) is 19.8 Å². The van der Waals surface area contributed by atoms with Crippen LogP contribution in [0.4, 0.5) is 0 Å². The van der Waals surface area contributed by atoms with E-state index in [9.17, 15) is 4.79 Å². The van der Waals surface area contributed by atoms with Crippen LogP contribution in [0, 0.1) is 5.92 Å². The number of rotatable bonds is 8. The third kappa shape index (κ3) is 5.68. The molecule has 0 aliphatic rings. The van der Waals surface area contributed by atoms with E-state index in [1.165, 1.54) is 0 Å². The summed E-state index contributed by atoms with van der Waals surface area (Å²) in [6.07, 6.45) is 1.62. The smallest absolute Gasteiger partial charge is 0.308 e. The SMILES string of the molecule is CC(CCCN)C(=O)OCCOc1ccccc1. The molecule has 2 N–H and O–H groups in total. The summed E-state index contributed by atoms with van der Waals surface area (Å²) >= 11 is 0. The normalized spacial score (nSPS) is 11.9. The Morgan fingerprint density at radius 3 is 2.67 bits per heavy atom. The first-order valence-electron chi connectivity index (χ1n) is 6.28. The predicted molar refractivity (Wildman–Crippen MR) is 70.3 cm³/mol. The van der Waals surface area contributed by atoms with Gasteiger partial charge in [-0.1, -0.05) is 25.1 Å². The summed E-state index contributed by atoms with van der Waals surface area (Å²) in [4.78, 5) is 11.5. The lowest BCUT2D eigenvalue weighted by molar-refractivity contribution is -0.148. The number of ether oxygens (including phenoxy) is 2. The van der Waals surface area contributed by atoms with Gasteiger partial charge in [0.25, 0.3) is 0 Å². The molecule has 1 aromatic rings. The Bertz CT molecular complexity index is 340. The fourth-order valence-electron chi connectivity index (χ4n) is 1.50. The molecule has 0 fully saturated rings. The topological polar surface area (TPSA) is 61.6 Å². The lowest BCUT2D eigenvalue weighted by Gasteiger charge is -2.11. The van der Waals surface area contributed by atoms with E-state index in [1.54, 1.807) is 0 Å². The average Bonchev–Trinajstić information content (AvgIpc) is 2.41. The molecule has 1 atom stereocenters. The summed E-state index contributed by atoms with van der Waals surface area (Å²) in [6.45, 7) is 3.12. The Labute approximate surface area is 108 Å². The van der Waals surface area contributed by atoms with Crippen molar-refractivity contribution in [2.45, 2.75) is 19.8 Å². The van der Waals surface area contributed by atoms with Crippen molar-refractivity contribution in [2.24, 2.45) is 11.7 Å². The minimum Gasteiger partial charge on any atom is -0.490 e. The van der Waals surface area contributed by atoms with Crippen molar-refractivity contribution < 1.29 is 14.3 Å². The zero-order chi connectivity index (χ0) is 13.2. The number of carbonyl (C=O) groups excluding carboxylic acids is 1. The van der Waals surface area contributed by atoms with Crippen LogP contribution < -0.4 is 10.5 Å². The number of hydrogen-bond donors (Lipinski definition) is 1. The maximum Gasteiger partial charge on any atom is 0.308 e. The van der Waals surface area contributed by atoms with Crippen LogP contribution in [0.15, 0.2) is 30.3 Å². The van der Waals surface area contributed by atoms with Crippen LogP contribution in [-0.4, -0.2) is 25.7 Å². The molecule has 1 unspecified atom stereocenters. The zero-order valence-electron chi connectivity index (χ0n) is 10.8. The molecular weight excluding hydrogens is 230 g/mol. The highest BCUT2D eigenvalue weighted by Gasteiger charge is 2.13. The van der Waals surface area contributed by atoms with Crippen molar-refractivity contribution in [1.82, 2.24) is 0 Å². The Hall–Kier alpha value is -1.55. The molecule has 0 bridgehead atoms. The molecule has 0 aromatic heterocycles. The quantitative estimate of drug-likeness (QED) is 0.567. The summed E-state index contributed by atoms with van der Waals surface area (Å²) in [5.74, 6) is 0.509. The molecule has 1 rings (SSSR count). The van der Waals surface area contributed by atoms with Crippen molar-refractivity contribution in [3.8, 4) is 5.75 Å². The highest BCUT2D eigenvalue weighted by atomic mass is 16.6. The van der Waals surface area contributed by atoms with Crippen molar-refractivity contribution in [1.29, 1.82) is 0 Å². The summed E-state index contributed by atoms with van der Waals surface area (Å²) in [7, 11) is 0. The van der Waals surface area contributed by atoms with E-state index in [-0.39, 0.29) is 18.5 Å². The summed E-state index contributed by atoms with van der Waals surface area (Å²) in [5, 5.41) is 0. The number of carbonyl (C=O) groups is 1. The van der Waals surface area contributed by atoms with Crippen molar-refractivity contribution in [3.63, 3.8) is 0 Å². The van der Waals surface area contributed by atoms with Crippen LogP contribution in [0.5, 0.6) is 5.75 Å². The second kappa shape index (κ2) is 8.53. The average molecular weight is 251 g/mol. The van der Waals surface area contributed by atoms with Crippen LogP contribution in [0.1, 0.15) is 19.8 Å². The first kappa shape index (κ1) is 14.5. The molecule has 0 heterocycles. The van der Waals surface area contributed by atoms with Gasteiger partial charge in [-0.25, -0.2) is 0 Å². The minimum atomic E-state index is -0.180. The first-order chi connectivity index (χ1) is 8.74. The van der Waals surface area contributed by atoms with Gasteiger partial charge in [0, 0.05) is 0 Å². The maximum absolute atomic E-state index is 11.5. The van der Waals surface area contributed by atoms with E-state index >= 15 is 0 Å².